The molecule has 2 heterocycles. The zero-order valence-electron chi connectivity index (χ0n) is 13.2. The van der Waals surface area contributed by atoms with Gasteiger partial charge in [0.15, 0.2) is 5.96 Å². The number of aromatic nitrogens is 2. The molecular formula is C14H24N6O2. The Hall–Kier alpha value is -1.93. The van der Waals surface area contributed by atoms with Gasteiger partial charge in [-0.2, -0.15) is 0 Å². The topological polar surface area (TPSA) is 94.6 Å². The molecule has 0 atom stereocenters. The number of aliphatic imine (C=N–C) groups is 1. The quantitative estimate of drug-likeness (QED) is 0.481. The highest BCUT2D eigenvalue weighted by molar-refractivity contribution is 5.79. The summed E-state index contributed by atoms with van der Waals surface area (Å²) in [5.74, 6) is 1.29. The largest absolute Gasteiger partial charge is 0.379 e. The number of aryl methyl sites for hydroxylation is 1. The van der Waals surface area contributed by atoms with Crippen molar-refractivity contribution in [3.8, 4) is 0 Å². The van der Waals surface area contributed by atoms with E-state index in [4.69, 9.17) is 4.74 Å². The summed E-state index contributed by atoms with van der Waals surface area (Å²) in [4.78, 5) is 25.0. The van der Waals surface area contributed by atoms with Gasteiger partial charge in [0.2, 0.25) is 0 Å². The third kappa shape index (κ3) is 5.12. The molecule has 1 aromatic rings. The van der Waals surface area contributed by atoms with Gasteiger partial charge in [-0.25, -0.2) is 4.98 Å². The summed E-state index contributed by atoms with van der Waals surface area (Å²) in [5, 5.41) is 6.36. The van der Waals surface area contributed by atoms with E-state index in [1.54, 1.807) is 20.2 Å². The lowest BCUT2D eigenvalue weighted by atomic mass is 10.3. The predicted molar refractivity (Wildman–Crippen MR) is 85.1 cm³/mol. The number of guanidine groups is 1. The highest BCUT2D eigenvalue weighted by Gasteiger charge is 2.09. The number of hydrogen-bond acceptors (Lipinski definition) is 5. The van der Waals surface area contributed by atoms with E-state index in [2.05, 4.69) is 30.5 Å². The molecule has 8 nitrogen and oxygen atoms in total. The van der Waals surface area contributed by atoms with Crippen LogP contribution in [0.2, 0.25) is 0 Å². The van der Waals surface area contributed by atoms with Crippen LogP contribution in [0.25, 0.3) is 0 Å². The maximum atomic E-state index is 11.7. The zero-order valence-corrected chi connectivity index (χ0v) is 13.2. The van der Waals surface area contributed by atoms with E-state index < -0.39 is 0 Å². The molecule has 122 valence electrons. The molecule has 1 aromatic heterocycles. The van der Waals surface area contributed by atoms with Crippen molar-refractivity contribution in [3.63, 3.8) is 0 Å². The molecule has 22 heavy (non-hydrogen) atoms. The number of hydrogen-bond donors (Lipinski definition) is 3. The lowest BCUT2D eigenvalue weighted by Gasteiger charge is -2.26. The second-order valence-corrected chi connectivity index (χ2v) is 5.13. The number of aromatic amines is 1. The molecule has 1 saturated heterocycles. The standard InChI is InChI=1S/C14H24N6O2/c1-11-17-9-12(13(21)19-11)10-18-14(15-2)16-3-4-20-5-7-22-8-6-20/h9H,3-8,10H2,1-2H3,(H2,15,16,18)(H,17,19,21). The molecule has 0 radical (unpaired) electrons. The van der Waals surface area contributed by atoms with Crippen molar-refractivity contribution < 1.29 is 4.74 Å². The Morgan fingerprint density at radius 3 is 2.91 bits per heavy atom. The molecule has 2 rings (SSSR count). The first-order valence-corrected chi connectivity index (χ1v) is 7.48. The average Bonchev–Trinajstić information content (AvgIpc) is 2.53. The average molecular weight is 308 g/mol. The minimum Gasteiger partial charge on any atom is -0.379 e. The first-order chi connectivity index (χ1) is 10.7. The number of morpholine rings is 1. The van der Waals surface area contributed by atoms with Crippen molar-refractivity contribution in [2.75, 3.05) is 46.4 Å². The van der Waals surface area contributed by atoms with Crippen LogP contribution in [-0.2, 0) is 11.3 Å². The smallest absolute Gasteiger partial charge is 0.255 e. The van der Waals surface area contributed by atoms with E-state index in [1.807, 2.05) is 0 Å². The van der Waals surface area contributed by atoms with E-state index in [1.165, 1.54) is 0 Å². The lowest BCUT2D eigenvalue weighted by molar-refractivity contribution is 0.0389. The maximum absolute atomic E-state index is 11.7. The van der Waals surface area contributed by atoms with E-state index in [0.29, 0.717) is 23.9 Å². The molecule has 0 aliphatic carbocycles. The molecule has 0 spiro atoms. The van der Waals surface area contributed by atoms with Crippen LogP contribution in [0.15, 0.2) is 16.0 Å². The normalized spacial score (nSPS) is 16.5. The molecule has 8 heteroatoms. The summed E-state index contributed by atoms with van der Waals surface area (Å²) in [5.41, 5.74) is 0.463. The Bertz CT molecular complexity index is 551. The third-order valence-electron chi connectivity index (χ3n) is 3.49. The fourth-order valence-corrected chi connectivity index (χ4v) is 2.19. The molecule has 0 saturated carbocycles. The summed E-state index contributed by atoms with van der Waals surface area (Å²) in [6, 6.07) is 0. The van der Waals surface area contributed by atoms with Crippen molar-refractivity contribution >= 4 is 5.96 Å². The summed E-state index contributed by atoms with van der Waals surface area (Å²) in [6.45, 7) is 7.42. The minimum atomic E-state index is -0.122. The van der Waals surface area contributed by atoms with Crippen molar-refractivity contribution in [1.82, 2.24) is 25.5 Å². The monoisotopic (exact) mass is 308 g/mol. The Labute approximate surface area is 130 Å². The third-order valence-corrected chi connectivity index (χ3v) is 3.49. The van der Waals surface area contributed by atoms with Crippen LogP contribution in [0.1, 0.15) is 11.4 Å². The van der Waals surface area contributed by atoms with Gasteiger partial charge in [0.25, 0.3) is 5.56 Å². The van der Waals surface area contributed by atoms with Gasteiger partial charge in [0, 0.05) is 46.0 Å². The number of ether oxygens (including phenoxy) is 1. The molecular weight excluding hydrogens is 284 g/mol. The first kappa shape index (κ1) is 16.4. The van der Waals surface area contributed by atoms with Crippen molar-refractivity contribution in [1.29, 1.82) is 0 Å². The van der Waals surface area contributed by atoms with E-state index in [9.17, 15) is 4.79 Å². The van der Waals surface area contributed by atoms with Crippen LogP contribution in [0.4, 0.5) is 0 Å². The maximum Gasteiger partial charge on any atom is 0.255 e. The number of H-pyrrole nitrogens is 1. The molecule has 0 unspecified atom stereocenters. The van der Waals surface area contributed by atoms with Crippen LogP contribution >= 0.6 is 0 Å². The molecule has 0 amide bonds. The van der Waals surface area contributed by atoms with Crippen molar-refractivity contribution in [3.05, 3.63) is 27.9 Å². The number of rotatable bonds is 5. The Balaban J connectivity index is 1.74. The zero-order chi connectivity index (χ0) is 15.8. The SMILES string of the molecule is CN=C(NCCN1CCOCC1)NCc1cnc(C)[nH]c1=O. The lowest BCUT2D eigenvalue weighted by Crippen LogP contribution is -2.44. The first-order valence-electron chi connectivity index (χ1n) is 7.48. The Morgan fingerprint density at radius 2 is 2.23 bits per heavy atom. The molecule has 0 aromatic carbocycles. The van der Waals surface area contributed by atoms with E-state index in [-0.39, 0.29) is 5.56 Å². The number of nitrogens with one attached hydrogen (secondary N) is 3. The van der Waals surface area contributed by atoms with Gasteiger partial charge < -0.3 is 20.4 Å². The highest BCUT2D eigenvalue weighted by Crippen LogP contribution is 1.94. The Morgan fingerprint density at radius 1 is 1.45 bits per heavy atom. The number of nitrogens with zero attached hydrogens (tertiary/aromatic N) is 3. The van der Waals surface area contributed by atoms with Gasteiger partial charge in [-0.05, 0) is 6.92 Å². The fraction of sp³-hybridized carbons (Fsp3) is 0.643. The molecule has 1 aliphatic rings. The molecule has 3 N–H and O–H groups in total. The van der Waals surface area contributed by atoms with Crippen LogP contribution in [0, 0.1) is 6.92 Å². The fourth-order valence-electron chi connectivity index (χ4n) is 2.19. The van der Waals surface area contributed by atoms with Crippen LogP contribution in [0.3, 0.4) is 0 Å². The van der Waals surface area contributed by atoms with E-state index in [0.717, 1.165) is 39.4 Å². The second kappa shape index (κ2) is 8.50. The predicted octanol–water partition coefficient (Wildman–Crippen LogP) is -0.924. The van der Waals surface area contributed by atoms with Crippen LogP contribution in [0.5, 0.6) is 0 Å². The summed E-state index contributed by atoms with van der Waals surface area (Å²) < 4.78 is 5.32. The van der Waals surface area contributed by atoms with Gasteiger partial charge in [-0.1, -0.05) is 0 Å². The summed E-state index contributed by atoms with van der Waals surface area (Å²) in [7, 11) is 1.71. The summed E-state index contributed by atoms with van der Waals surface area (Å²) in [6.07, 6.45) is 1.59. The van der Waals surface area contributed by atoms with E-state index >= 15 is 0 Å². The van der Waals surface area contributed by atoms with Gasteiger partial charge in [-0.3, -0.25) is 14.7 Å². The molecule has 1 aliphatic heterocycles. The second-order valence-electron chi connectivity index (χ2n) is 5.13. The van der Waals surface area contributed by atoms with Gasteiger partial charge >= 0.3 is 0 Å². The van der Waals surface area contributed by atoms with Gasteiger partial charge in [0.05, 0.1) is 18.8 Å². The molecule has 0 bridgehead atoms. The molecule has 1 fully saturated rings. The van der Waals surface area contributed by atoms with Crippen LogP contribution < -0.4 is 16.2 Å². The minimum absolute atomic E-state index is 0.122. The Kier molecular flexibility index (Phi) is 6.35. The van der Waals surface area contributed by atoms with Gasteiger partial charge in [-0.15, -0.1) is 0 Å². The summed E-state index contributed by atoms with van der Waals surface area (Å²) >= 11 is 0. The highest BCUT2D eigenvalue weighted by atomic mass is 16.5. The van der Waals surface area contributed by atoms with Crippen LogP contribution in [-0.4, -0.2) is 67.3 Å². The van der Waals surface area contributed by atoms with Crippen molar-refractivity contribution in [2.24, 2.45) is 4.99 Å². The van der Waals surface area contributed by atoms with Gasteiger partial charge in [0.1, 0.15) is 5.82 Å². The van der Waals surface area contributed by atoms with Crippen molar-refractivity contribution in [2.45, 2.75) is 13.5 Å².